The zero-order valence-electron chi connectivity index (χ0n) is 7.47. The van der Waals surface area contributed by atoms with Crippen LogP contribution in [0.2, 0.25) is 0 Å². The van der Waals surface area contributed by atoms with Gasteiger partial charge in [0.25, 0.3) is 0 Å². The lowest BCUT2D eigenvalue weighted by atomic mass is 10.4. The van der Waals surface area contributed by atoms with Crippen molar-refractivity contribution in [3.05, 3.63) is 22.1 Å². The first kappa shape index (κ1) is 10.8. The second-order valence-electron chi connectivity index (χ2n) is 2.93. The lowest BCUT2D eigenvalue weighted by Crippen LogP contribution is -2.23. The summed E-state index contributed by atoms with van der Waals surface area (Å²) in [5, 5.41) is 11.1. The lowest BCUT2D eigenvalue weighted by molar-refractivity contribution is -0.604. The molecular formula is C7H5BrN2O3S2. The third-order valence-electron chi connectivity index (χ3n) is 1.66. The van der Waals surface area contributed by atoms with Crippen LogP contribution in [0.25, 0.3) is 10.2 Å². The number of halogens is 1. The van der Waals surface area contributed by atoms with Crippen molar-refractivity contribution in [3.8, 4) is 0 Å². The van der Waals surface area contributed by atoms with Crippen LogP contribution >= 0.6 is 27.3 Å². The van der Waals surface area contributed by atoms with Gasteiger partial charge in [-0.1, -0.05) is 11.3 Å². The molecule has 80 valence electrons. The number of hydrogen-bond acceptors (Lipinski definition) is 5. The van der Waals surface area contributed by atoms with Crippen molar-refractivity contribution in [3.63, 3.8) is 0 Å². The summed E-state index contributed by atoms with van der Waals surface area (Å²) in [7, 11) is -3.32. The van der Waals surface area contributed by atoms with Crippen molar-refractivity contribution >= 4 is 47.3 Å². The summed E-state index contributed by atoms with van der Waals surface area (Å²) in [4.78, 5) is 3.96. The Kier molecular flexibility index (Phi) is 2.44. The van der Waals surface area contributed by atoms with Gasteiger partial charge in [0, 0.05) is 6.26 Å². The molecule has 0 amide bonds. The number of hydrogen-bond donors (Lipinski definition) is 0. The van der Waals surface area contributed by atoms with Crippen molar-refractivity contribution < 1.29 is 13.1 Å². The van der Waals surface area contributed by atoms with E-state index in [0.29, 0.717) is 19.4 Å². The standard InChI is InChI=1S/C7H5BrN2O3S2/c1-15(12,13)7-9-6-4(8)2-10(11)3-5(6)14-7/h2-3H,1H3. The molecule has 15 heavy (non-hydrogen) atoms. The Balaban J connectivity index is 2.82. The van der Waals surface area contributed by atoms with Gasteiger partial charge in [-0.05, 0) is 15.9 Å². The van der Waals surface area contributed by atoms with E-state index in [0.717, 1.165) is 17.6 Å². The maximum atomic E-state index is 11.2. The zero-order chi connectivity index (χ0) is 11.2. The van der Waals surface area contributed by atoms with Gasteiger partial charge in [-0.3, -0.25) is 0 Å². The minimum Gasteiger partial charge on any atom is -0.619 e. The molecule has 2 aromatic rings. The predicted octanol–water partition coefficient (Wildman–Crippen LogP) is 1.10. The van der Waals surface area contributed by atoms with Crippen LogP contribution in [-0.4, -0.2) is 19.7 Å². The molecule has 0 saturated carbocycles. The van der Waals surface area contributed by atoms with Crippen molar-refractivity contribution in [2.45, 2.75) is 4.34 Å². The van der Waals surface area contributed by atoms with Crippen molar-refractivity contribution in [2.75, 3.05) is 6.26 Å². The summed E-state index contributed by atoms with van der Waals surface area (Å²) in [6, 6.07) is 0. The van der Waals surface area contributed by atoms with Crippen LogP contribution in [-0.2, 0) is 9.84 Å². The van der Waals surface area contributed by atoms with E-state index in [2.05, 4.69) is 20.9 Å². The topological polar surface area (TPSA) is 74.0 Å². The normalized spacial score (nSPS) is 12.1. The van der Waals surface area contributed by atoms with Crippen LogP contribution in [0.4, 0.5) is 0 Å². The van der Waals surface area contributed by atoms with Crippen molar-refractivity contribution in [1.29, 1.82) is 0 Å². The largest absolute Gasteiger partial charge is 0.619 e. The van der Waals surface area contributed by atoms with Gasteiger partial charge in [0.15, 0.2) is 12.4 Å². The third kappa shape index (κ3) is 1.97. The Morgan fingerprint density at radius 3 is 2.80 bits per heavy atom. The average molecular weight is 309 g/mol. The van der Waals surface area contributed by atoms with Gasteiger partial charge in [0.1, 0.15) is 14.7 Å². The van der Waals surface area contributed by atoms with Gasteiger partial charge in [-0.2, -0.15) is 4.73 Å². The molecule has 0 aromatic carbocycles. The molecule has 0 atom stereocenters. The Morgan fingerprint density at radius 2 is 2.20 bits per heavy atom. The maximum absolute atomic E-state index is 11.2. The van der Waals surface area contributed by atoms with Gasteiger partial charge < -0.3 is 5.21 Å². The summed E-state index contributed by atoms with van der Waals surface area (Å²) < 4.78 is 24.1. The fourth-order valence-corrected chi connectivity index (χ4v) is 3.56. The Hall–Kier alpha value is -0.730. The van der Waals surface area contributed by atoms with Gasteiger partial charge >= 0.3 is 0 Å². The van der Waals surface area contributed by atoms with E-state index in [4.69, 9.17) is 0 Å². The molecule has 0 aliphatic carbocycles. The first-order valence-corrected chi connectivity index (χ1v) is 7.27. The van der Waals surface area contributed by atoms with E-state index in [1.165, 1.54) is 12.4 Å². The quantitative estimate of drug-likeness (QED) is 0.584. The summed E-state index contributed by atoms with van der Waals surface area (Å²) in [5.74, 6) is 0. The number of sulfone groups is 1. The average Bonchev–Trinajstić information content (AvgIpc) is 2.46. The van der Waals surface area contributed by atoms with E-state index in [1.54, 1.807) is 0 Å². The highest BCUT2D eigenvalue weighted by Crippen LogP contribution is 2.28. The van der Waals surface area contributed by atoms with Crippen molar-refractivity contribution in [2.24, 2.45) is 0 Å². The van der Waals surface area contributed by atoms with Crippen molar-refractivity contribution in [1.82, 2.24) is 4.98 Å². The number of fused-ring (bicyclic) bond motifs is 1. The highest BCUT2D eigenvalue weighted by Gasteiger charge is 2.17. The van der Waals surface area contributed by atoms with Crippen LogP contribution < -0.4 is 4.73 Å². The SMILES string of the molecule is CS(=O)(=O)c1nc2c(Br)c[n+]([O-])cc2s1. The minimum atomic E-state index is -3.32. The molecule has 2 rings (SSSR count). The molecule has 2 heterocycles. The highest BCUT2D eigenvalue weighted by atomic mass is 79.9. The fourth-order valence-electron chi connectivity index (χ4n) is 1.05. The van der Waals surface area contributed by atoms with Crippen LogP contribution in [0.3, 0.4) is 0 Å². The Labute approximate surface area is 98.0 Å². The minimum absolute atomic E-state index is 0.0180. The molecule has 0 aliphatic rings. The molecule has 2 aromatic heterocycles. The van der Waals surface area contributed by atoms with E-state index in [9.17, 15) is 13.6 Å². The van der Waals surface area contributed by atoms with E-state index in [-0.39, 0.29) is 4.34 Å². The van der Waals surface area contributed by atoms with E-state index >= 15 is 0 Å². The fraction of sp³-hybridized carbons (Fsp3) is 0.143. The number of thiazole rings is 1. The van der Waals surface area contributed by atoms with Crippen LogP contribution in [0.15, 0.2) is 21.2 Å². The van der Waals surface area contributed by atoms with Gasteiger partial charge in [0.05, 0.1) is 0 Å². The summed E-state index contributed by atoms with van der Waals surface area (Å²) >= 11 is 4.14. The Morgan fingerprint density at radius 1 is 1.53 bits per heavy atom. The second-order valence-corrected chi connectivity index (χ2v) is 7.01. The first-order valence-electron chi connectivity index (χ1n) is 3.77. The second kappa shape index (κ2) is 3.39. The summed E-state index contributed by atoms with van der Waals surface area (Å²) in [5.41, 5.74) is 0.493. The van der Waals surface area contributed by atoms with E-state index in [1.807, 2.05) is 0 Å². The molecule has 0 bridgehead atoms. The zero-order valence-corrected chi connectivity index (χ0v) is 10.7. The molecule has 0 unspecified atom stereocenters. The molecule has 0 N–H and O–H groups in total. The maximum Gasteiger partial charge on any atom is 0.210 e. The predicted molar refractivity (Wildman–Crippen MR) is 59.4 cm³/mol. The molecule has 0 radical (unpaired) electrons. The first-order chi connectivity index (χ1) is 6.88. The lowest BCUT2D eigenvalue weighted by Gasteiger charge is -1.94. The number of aromatic nitrogens is 2. The molecule has 0 fully saturated rings. The smallest absolute Gasteiger partial charge is 0.210 e. The number of nitrogens with zero attached hydrogens (tertiary/aromatic N) is 2. The van der Waals surface area contributed by atoms with Gasteiger partial charge in [-0.25, -0.2) is 13.4 Å². The summed E-state index contributed by atoms with van der Waals surface area (Å²) in [6.45, 7) is 0. The number of rotatable bonds is 1. The molecule has 0 aliphatic heterocycles. The van der Waals surface area contributed by atoms with Gasteiger partial charge in [-0.15, -0.1) is 0 Å². The highest BCUT2D eigenvalue weighted by molar-refractivity contribution is 9.10. The summed E-state index contributed by atoms with van der Waals surface area (Å²) in [6.07, 6.45) is 3.67. The molecule has 8 heteroatoms. The third-order valence-corrected chi connectivity index (χ3v) is 4.91. The molecule has 5 nitrogen and oxygen atoms in total. The number of pyridine rings is 1. The Bertz CT molecular complexity index is 635. The van der Waals surface area contributed by atoms with Crippen LogP contribution in [0, 0.1) is 5.21 Å². The van der Waals surface area contributed by atoms with Crippen LogP contribution in [0.1, 0.15) is 0 Å². The van der Waals surface area contributed by atoms with E-state index < -0.39 is 9.84 Å². The molecule has 0 saturated heterocycles. The van der Waals surface area contributed by atoms with Crippen LogP contribution in [0.5, 0.6) is 0 Å². The molecular weight excluding hydrogens is 304 g/mol. The monoisotopic (exact) mass is 308 g/mol. The molecule has 0 spiro atoms. The van der Waals surface area contributed by atoms with Gasteiger partial charge in [0.2, 0.25) is 14.2 Å².